The van der Waals surface area contributed by atoms with Crippen molar-refractivity contribution >= 4 is 46.6 Å². The number of nitrogens with zero attached hydrogens (tertiary/aromatic N) is 6. The molecule has 6 rings (SSSR count). The van der Waals surface area contributed by atoms with Crippen molar-refractivity contribution in [2.45, 2.75) is 70.9 Å². The molecule has 1 aliphatic heterocycles. The number of aromatic nitrogens is 4. The van der Waals surface area contributed by atoms with Gasteiger partial charge in [0.2, 0.25) is 17.7 Å². The maximum Gasteiger partial charge on any atom is 0.410 e. The van der Waals surface area contributed by atoms with E-state index in [1.807, 2.05) is 48.5 Å². The lowest BCUT2D eigenvalue weighted by molar-refractivity contribution is -0.130. The van der Waals surface area contributed by atoms with Gasteiger partial charge in [-0.2, -0.15) is 5.10 Å². The second kappa shape index (κ2) is 18.4. The molecule has 3 amide bonds. The van der Waals surface area contributed by atoms with Crippen LogP contribution in [-0.2, 0) is 34.5 Å². The topological polar surface area (TPSA) is 173 Å². The highest BCUT2D eigenvalue weighted by atomic mass is 35.5. The summed E-state index contributed by atoms with van der Waals surface area (Å²) in [7, 11) is 6.40. The van der Waals surface area contributed by atoms with Crippen LogP contribution in [-0.4, -0.2) is 104 Å². The normalized spacial score (nSPS) is 14.6. The number of ether oxygens (including phenoxy) is 2. The highest BCUT2D eigenvalue weighted by Gasteiger charge is 2.29. The van der Waals surface area contributed by atoms with Gasteiger partial charge in [-0.05, 0) is 45.4 Å². The quantitative estimate of drug-likeness (QED) is 0.126. The number of aliphatic hydroxyl groups excluding tert-OH is 1. The summed E-state index contributed by atoms with van der Waals surface area (Å²) in [6.07, 6.45) is 1.32. The van der Waals surface area contributed by atoms with Gasteiger partial charge in [0.15, 0.2) is 0 Å². The average molecular weight is 862 g/mol. The molecule has 1 fully saturated rings. The Balaban J connectivity index is 1.25. The molecule has 0 aliphatic carbocycles. The highest BCUT2D eigenvalue weighted by Crippen LogP contribution is 2.42. The molecule has 3 N–H and O–H groups in total. The zero-order chi connectivity index (χ0) is 43.5. The molecule has 3 aromatic heterocycles. The average Bonchev–Trinajstić information content (AvgIpc) is 3.81. The number of benzene rings is 2. The van der Waals surface area contributed by atoms with Gasteiger partial charge in [0, 0.05) is 86.3 Å². The third-order valence-electron chi connectivity index (χ3n) is 10.1. The van der Waals surface area contributed by atoms with E-state index >= 15 is 0 Å². The number of rotatable bonds is 14. The summed E-state index contributed by atoms with van der Waals surface area (Å²) < 4.78 is 14.4. The minimum Gasteiger partial charge on any atom is -0.481 e. The van der Waals surface area contributed by atoms with Gasteiger partial charge in [-0.3, -0.25) is 19.0 Å². The Hall–Kier alpha value is -5.48. The number of nitrogens with one attached hydrogen (secondary N) is 2. The maximum atomic E-state index is 13.5. The molecule has 5 aromatic rings. The molecule has 60 heavy (non-hydrogen) atoms. The van der Waals surface area contributed by atoms with Gasteiger partial charge in [-0.15, -0.1) is 0 Å². The number of carbonyl (C=O) groups excluding carboxylic acids is 3. The number of fused-ring (bicyclic) bond motifs is 1. The standard InChI is InChI=1S/C43H50Cl2N8O7/c1-43(2,3)60-42(58)52(24-27-15-17-36(55)47-27)22-25-14-16-33(48-40(25)59-7)32-13-9-12-31(39(32)45)30-11-8-10-29(38(30)44)26-18-34-41(57)51(6)35(49-53(34)23-26)21-46-20-28(54)19-37(56)50(4)5/h8-14,16,18,23,27-28,46,54H,15,17,19-22,24H2,1-7H3,(H,47,55)/t27-,28-/m0/s1. The second-order valence-corrected chi connectivity index (χ2v) is 16.7. The molecule has 0 radical (unpaired) electrons. The summed E-state index contributed by atoms with van der Waals surface area (Å²) in [4.78, 5) is 58.4. The number of pyridine rings is 1. The van der Waals surface area contributed by atoms with Crippen molar-refractivity contribution in [3.8, 4) is 39.4 Å². The number of methoxy groups -OCH3 is 1. The fourth-order valence-corrected chi connectivity index (χ4v) is 7.58. The molecule has 318 valence electrons. The Morgan fingerprint density at radius 1 is 1.03 bits per heavy atom. The van der Waals surface area contributed by atoms with Crippen molar-refractivity contribution < 1.29 is 29.0 Å². The number of halogens is 2. The van der Waals surface area contributed by atoms with E-state index in [-0.39, 0.29) is 56.0 Å². The number of aliphatic hydroxyl groups is 1. The molecule has 1 aliphatic rings. The molecule has 0 bridgehead atoms. The van der Waals surface area contributed by atoms with E-state index in [1.54, 1.807) is 59.1 Å². The van der Waals surface area contributed by atoms with Crippen LogP contribution >= 0.6 is 23.2 Å². The lowest BCUT2D eigenvalue weighted by Gasteiger charge is -2.29. The Bertz CT molecular complexity index is 2480. The lowest BCUT2D eigenvalue weighted by Crippen LogP contribution is -2.43. The zero-order valence-corrected chi connectivity index (χ0v) is 36.2. The fraction of sp³-hybridized carbons (Fsp3) is 0.395. The van der Waals surface area contributed by atoms with E-state index in [9.17, 15) is 24.3 Å². The molecule has 0 spiro atoms. The Morgan fingerprint density at radius 2 is 1.70 bits per heavy atom. The van der Waals surface area contributed by atoms with E-state index in [2.05, 4.69) is 15.7 Å². The number of amides is 3. The molecule has 0 unspecified atom stereocenters. The first-order chi connectivity index (χ1) is 28.4. The van der Waals surface area contributed by atoms with Crippen LogP contribution < -0.4 is 20.9 Å². The molecule has 4 heterocycles. The first kappa shape index (κ1) is 44.1. The summed E-state index contributed by atoms with van der Waals surface area (Å²) in [5, 5.41) is 21.8. The van der Waals surface area contributed by atoms with Gasteiger partial charge in [0.05, 0.1) is 48.5 Å². The summed E-state index contributed by atoms with van der Waals surface area (Å²) in [6, 6.07) is 16.3. The van der Waals surface area contributed by atoms with Crippen LogP contribution in [0.1, 0.15) is 51.4 Å². The van der Waals surface area contributed by atoms with Crippen molar-refractivity contribution in [2.24, 2.45) is 7.05 Å². The highest BCUT2D eigenvalue weighted by molar-refractivity contribution is 6.39. The van der Waals surface area contributed by atoms with Gasteiger partial charge >= 0.3 is 6.09 Å². The van der Waals surface area contributed by atoms with Gasteiger partial charge < -0.3 is 35.0 Å². The van der Waals surface area contributed by atoms with Crippen molar-refractivity contribution in [3.05, 3.63) is 92.6 Å². The molecule has 1 saturated heterocycles. The molecule has 2 aromatic carbocycles. The molecule has 0 saturated carbocycles. The van der Waals surface area contributed by atoms with Crippen molar-refractivity contribution in [1.82, 2.24) is 39.6 Å². The van der Waals surface area contributed by atoms with Crippen molar-refractivity contribution in [3.63, 3.8) is 0 Å². The minimum atomic E-state index is -0.893. The van der Waals surface area contributed by atoms with E-state index < -0.39 is 17.8 Å². The SMILES string of the molecule is COc1nc(-c2cccc(-c3cccc(-c4cc5c(=O)n(C)c(CNC[C@@H](O)CC(=O)N(C)C)nn5c4)c3Cl)c2Cl)ccc1CN(C[C@@H]1CCC(=O)N1)C(=O)OC(C)(C)C. The monoisotopic (exact) mass is 860 g/mol. The largest absolute Gasteiger partial charge is 0.481 e. The smallest absolute Gasteiger partial charge is 0.410 e. The Morgan fingerprint density at radius 3 is 2.33 bits per heavy atom. The maximum absolute atomic E-state index is 13.5. The summed E-state index contributed by atoms with van der Waals surface area (Å²) in [6.45, 7) is 6.12. The van der Waals surface area contributed by atoms with Crippen LogP contribution in [0.25, 0.3) is 39.0 Å². The molecule has 17 heteroatoms. The summed E-state index contributed by atoms with van der Waals surface area (Å²) in [5.74, 6) is 0.495. The molecular weight excluding hydrogens is 811 g/mol. The third kappa shape index (κ3) is 10.1. The number of hydrogen-bond donors (Lipinski definition) is 3. The fourth-order valence-electron chi connectivity index (χ4n) is 6.92. The molecule has 15 nitrogen and oxygen atoms in total. The van der Waals surface area contributed by atoms with Gasteiger partial charge in [0.25, 0.3) is 5.56 Å². The van der Waals surface area contributed by atoms with Gasteiger partial charge in [0.1, 0.15) is 16.9 Å². The molecular formula is C43H50Cl2N8O7. The van der Waals surface area contributed by atoms with E-state index in [0.717, 1.165) is 0 Å². The number of hydrogen-bond acceptors (Lipinski definition) is 10. The van der Waals surface area contributed by atoms with Gasteiger partial charge in [-0.25, -0.2) is 14.3 Å². The van der Waals surface area contributed by atoms with Crippen LogP contribution in [0, 0.1) is 0 Å². The predicted octanol–water partition coefficient (Wildman–Crippen LogP) is 5.69. The lowest BCUT2D eigenvalue weighted by atomic mass is 9.97. The van der Waals surface area contributed by atoms with Crippen LogP contribution in [0.2, 0.25) is 10.0 Å². The Labute approximate surface area is 358 Å². The van der Waals surface area contributed by atoms with E-state index in [1.165, 1.54) is 21.1 Å². The predicted molar refractivity (Wildman–Crippen MR) is 230 cm³/mol. The molecule has 2 atom stereocenters. The second-order valence-electron chi connectivity index (χ2n) is 16.0. The van der Waals surface area contributed by atoms with Crippen molar-refractivity contribution in [1.29, 1.82) is 0 Å². The number of carbonyl (C=O) groups is 3. The van der Waals surface area contributed by atoms with Gasteiger partial charge in [-0.1, -0.05) is 59.6 Å². The van der Waals surface area contributed by atoms with Crippen molar-refractivity contribution in [2.75, 3.05) is 34.3 Å². The van der Waals surface area contributed by atoms with Crippen LogP contribution in [0.3, 0.4) is 0 Å². The van der Waals surface area contributed by atoms with Crippen LogP contribution in [0.5, 0.6) is 5.88 Å². The van der Waals surface area contributed by atoms with E-state index in [4.69, 9.17) is 37.7 Å². The van der Waals surface area contributed by atoms with E-state index in [0.29, 0.717) is 79.2 Å². The Kier molecular flexibility index (Phi) is 13.5. The first-order valence-corrected chi connectivity index (χ1v) is 20.3. The first-order valence-electron chi connectivity index (χ1n) is 19.5. The minimum absolute atomic E-state index is 0.0249. The summed E-state index contributed by atoms with van der Waals surface area (Å²) in [5.41, 5.74) is 3.78. The third-order valence-corrected chi connectivity index (χ3v) is 10.9. The zero-order valence-electron chi connectivity index (χ0n) is 34.7. The van der Waals surface area contributed by atoms with Crippen LogP contribution in [0.15, 0.2) is 65.6 Å². The summed E-state index contributed by atoms with van der Waals surface area (Å²) >= 11 is 14.3. The van der Waals surface area contributed by atoms with Crippen LogP contribution in [0.4, 0.5) is 4.79 Å².